The van der Waals surface area contributed by atoms with Gasteiger partial charge in [-0.1, -0.05) is 41.9 Å². The van der Waals surface area contributed by atoms with Crippen molar-refractivity contribution in [3.8, 4) is 0 Å². The number of benzene rings is 2. The minimum absolute atomic E-state index is 0. The van der Waals surface area contributed by atoms with Gasteiger partial charge in [0.05, 0.1) is 5.56 Å². The number of aromatic carboxylic acids is 1. The van der Waals surface area contributed by atoms with Crippen molar-refractivity contribution in [1.29, 1.82) is 0 Å². The van der Waals surface area contributed by atoms with Crippen LogP contribution in [-0.2, 0) is 0 Å². The molecule has 0 aromatic heterocycles. The zero-order valence-electron chi connectivity index (χ0n) is 9.42. The number of hydrogen-bond donors (Lipinski definition) is 1. The molecule has 2 aromatic carbocycles. The summed E-state index contributed by atoms with van der Waals surface area (Å²) in [6, 6.07) is 15.0. The van der Waals surface area contributed by atoms with Gasteiger partial charge in [0, 0.05) is 10.6 Å². The number of rotatable bonds is 2. The number of carboxylic acids is 1. The fraction of sp³-hybridized carbons (Fsp3) is 0. The molecule has 0 saturated heterocycles. The molecule has 2 aromatic rings. The molecule has 0 radical (unpaired) electrons. The monoisotopic (exact) mass is 286 g/mol. The van der Waals surface area contributed by atoms with E-state index in [1.165, 1.54) is 0 Å². The van der Waals surface area contributed by atoms with Crippen molar-refractivity contribution in [1.82, 2.24) is 0 Å². The number of halogens is 1. The SMILES string of the molecule is O=C(O)c1ccccc1.O=Cc1ccc(Cl)cc1.[NaH]. The first kappa shape index (κ1) is 17.9. The van der Waals surface area contributed by atoms with Crippen molar-refractivity contribution >= 4 is 53.4 Å². The molecule has 3 nitrogen and oxygen atoms in total. The second kappa shape index (κ2) is 9.75. The molecule has 0 saturated carbocycles. The molecule has 19 heavy (non-hydrogen) atoms. The maximum atomic E-state index is 10.2. The Bertz CT molecular complexity index is 512. The van der Waals surface area contributed by atoms with E-state index in [0.29, 0.717) is 16.1 Å². The standard InChI is InChI=1S/C7H5ClO.C7H6O2.Na.H/c8-7-3-1-6(5-9)2-4-7;8-7(9)6-4-2-1-3-5-6;;/h1-5H;1-5H,(H,8,9);;. The number of aldehydes is 1. The molecule has 1 N–H and O–H groups in total. The van der Waals surface area contributed by atoms with E-state index in [4.69, 9.17) is 16.7 Å². The van der Waals surface area contributed by atoms with Gasteiger partial charge in [-0.3, -0.25) is 4.79 Å². The molecule has 0 heterocycles. The van der Waals surface area contributed by atoms with Crippen molar-refractivity contribution in [2.45, 2.75) is 0 Å². The number of hydrogen-bond acceptors (Lipinski definition) is 2. The number of carboxylic acid groups (broad SMARTS) is 1. The Morgan fingerprint density at radius 2 is 1.53 bits per heavy atom. The molecule has 2 rings (SSSR count). The Balaban J connectivity index is 0.000000324. The molecule has 0 amide bonds. The Kier molecular flexibility index (Phi) is 9.17. The molecule has 0 unspecified atom stereocenters. The molecule has 5 heteroatoms. The first-order chi connectivity index (χ1) is 8.63. The van der Waals surface area contributed by atoms with Gasteiger partial charge in [-0.25, -0.2) is 4.79 Å². The molecular formula is C14H12ClNaO3. The van der Waals surface area contributed by atoms with Gasteiger partial charge in [-0.05, 0) is 24.3 Å². The molecule has 94 valence electrons. The zero-order valence-corrected chi connectivity index (χ0v) is 10.2. The van der Waals surface area contributed by atoms with Gasteiger partial charge >= 0.3 is 35.5 Å². The van der Waals surface area contributed by atoms with E-state index in [2.05, 4.69) is 0 Å². The Hall–Kier alpha value is -1.13. The Labute approximate surface area is 138 Å². The van der Waals surface area contributed by atoms with Gasteiger partial charge in [-0.15, -0.1) is 0 Å². The predicted molar refractivity (Wildman–Crippen MR) is 77.4 cm³/mol. The van der Waals surface area contributed by atoms with Crippen LogP contribution >= 0.6 is 11.6 Å². The van der Waals surface area contributed by atoms with Crippen LogP contribution in [0.25, 0.3) is 0 Å². The quantitative estimate of drug-likeness (QED) is 0.682. The van der Waals surface area contributed by atoms with Crippen LogP contribution in [0, 0.1) is 0 Å². The third-order valence-corrected chi connectivity index (χ3v) is 2.28. The van der Waals surface area contributed by atoms with Gasteiger partial charge in [0.25, 0.3) is 0 Å². The second-order valence-electron chi connectivity index (χ2n) is 3.34. The van der Waals surface area contributed by atoms with Crippen molar-refractivity contribution in [2.75, 3.05) is 0 Å². The molecule has 0 bridgehead atoms. The Morgan fingerprint density at radius 1 is 1.00 bits per heavy atom. The minimum atomic E-state index is -0.879. The average Bonchev–Trinajstić information content (AvgIpc) is 2.41. The van der Waals surface area contributed by atoms with E-state index in [1.54, 1.807) is 54.6 Å². The molecule has 0 aliphatic carbocycles. The summed E-state index contributed by atoms with van der Waals surface area (Å²) in [6.07, 6.45) is 0.788. The van der Waals surface area contributed by atoms with Crippen LogP contribution in [0.3, 0.4) is 0 Å². The summed E-state index contributed by atoms with van der Waals surface area (Å²) in [5, 5.41) is 9.04. The van der Waals surface area contributed by atoms with Crippen LogP contribution in [0.2, 0.25) is 5.02 Å². The van der Waals surface area contributed by atoms with Crippen molar-refractivity contribution < 1.29 is 14.7 Å². The molecule has 0 atom stereocenters. The van der Waals surface area contributed by atoms with Gasteiger partial charge < -0.3 is 5.11 Å². The topological polar surface area (TPSA) is 54.4 Å². The summed E-state index contributed by atoms with van der Waals surface area (Å²) >= 11 is 5.55. The normalized spacial score (nSPS) is 8.47. The maximum absolute atomic E-state index is 10.2. The van der Waals surface area contributed by atoms with Crippen LogP contribution in [0.15, 0.2) is 54.6 Å². The molecule has 0 aliphatic heterocycles. The van der Waals surface area contributed by atoms with Crippen LogP contribution < -0.4 is 0 Å². The number of carbonyl (C=O) groups excluding carboxylic acids is 1. The average molecular weight is 287 g/mol. The molecular weight excluding hydrogens is 275 g/mol. The molecule has 0 spiro atoms. The zero-order chi connectivity index (χ0) is 13.4. The van der Waals surface area contributed by atoms with E-state index in [0.717, 1.165) is 6.29 Å². The van der Waals surface area contributed by atoms with Crippen LogP contribution in [0.1, 0.15) is 20.7 Å². The first-order valence-electron chi connectivity index (χ1n) is 5.12. The fourth-order valence-corrected chi connectivity index (χ4v) is 1.25. The summed E-state index contributed by atoms with van der Waals surface area (Å²) in [7, 11) is 0. The van der Waals surface area contributed by atoms with Gasteiger partial charge in [0.2, 0.25) is 0 Å². The third-order valence-electron chi connectivity index (χ3n) is 2.03. The fourth-order valence-electron chi connectivity index (χ4n) is 1.12. The van der Waals surface area contributed by atoms with Crippen LogP contribution in [-0.4, -0.2) is 46.9 Å². The van der Waals surface area contributed by atoms with E-state index in [1.807, 2.05) is 0 Å². The van der Waals surface area contributed by atoms with Crippen molar-refractivity contribution in [3.63, 3.8) is 0 Å². The van der Waals surface area contributed by atoms with Gasteiger partial charge in [-0.2, -0.15) is 0 Å². The summed E-state index contributed by atoms with van der Waals surface area (Å²) in [6.45, 7) is 0. The van der Waals surface area contributed by atoms with E-state index in [-0.39, 0.29) is 29.6 Å². The number of carbonyl (C=O) groups is 2. The van der Waals surface area contributed by atoms with Crippen LogP contribution in [0.4, 0.5) is 0 Å². The first-order valence-corrected chi connectivity index (χ1v) is 5.50. The summed E-state index contributed by atoms with van der Waals surface area (Å²) in [5.41, 5.74) is 0.983. The molecule has 0 fully saturated rings. The van der Waals surface area contributed by atoms with E-state index in [9.17, 15) is 9.59 Å². The summed E-state index contributed by atoms with van der Waals surface area (Å²) in [4.78, 5) is 20.3. The summed E-state index contributed by atoms with van der Waals surface area (Å²) in [5.74, 6) is -0.879. The molecule has 0 aliphatic rings. The van der Waals surface area contributed by atoms with E-state index >= 15 is 0 Å². The van der Waals surface area contributed by atoms with Crippen molar-refractivity contribution in [2.24, 2.45) is 0 Å². The van der Waals surface area contributed by atoms with Gasteiger partial charge in [0.15, 0.2) is 0 Å². The summed E-state index contributed by atoms with van der Waals surface area (Å²) < 4.78 is 0. The third kappa shape index (κ3) is 7.13. The van der Waals surface area contributed by atoms with Crippen molar-refractivity contribution in [3.05, 3.63) is 70.7 Å². The van der Waals surface area contributed by atoms with Crippen LogP contribution in [0.5, 0.6) is 0 Å². The van der Waals surface area contributed by atoms with E-state index < -0.39 is 5.97 Å². The van der Waals surface area contributed by atoms with Gasteiger partial charge in [0.1, 0.15) is 6.29 Å². The predicted octanol–water partition coefficient (Wildman–Crippen LogP) is 2.89. The second-order valence-corrected chi connectivity index (χ2v) is 3.78. The Morgan fingerprint density at radius 3 is 1.89 bits per heavy atom.